The van der Waals surface area contributed by atoms with Gasteiger partial charge in [-0.15, -0.1) is 0 Å². The summed E-state index contributed by atoms with van der Waals surface area (Å²) >= 11 is 0. The standard InChI is InChI=1S/C73H82N2/c1-8-13-16-17-22-56-28-38-64(39-29-56)75-71-24-19-18-23-67(71)68-48-59(35-46-72(68)75)57-30-40-62(41-31-57)74(61-36-25-52(6)26-37-61)63-42-32-58(33-43-63)60-34-45-66-65-44-27-53(7)47-69(65)73(70(66)49-60,50-54(11-4)20-14-9-2)51-55(12-5)21-15-10-3/h18-19,23-49,54-55H,8-17,20-22,50-51H2,1-7H3. The van der Waals surface area contributed by atoms with Crippen molar-refractivity contribution in [3.8, 4) is 39.1 Å². The Labute approximate surface area is 450 Å². The van der Waals surface area contributed by atoms with Gasteiger partial charge < -0.3 is 9.47 Å². The van der Waals surface area contributed by atoms with Gasteiger partial charge in [0.2, 0.25) is 0 Å². The number of aryl methyl sites for hydroxylation is 3. The lowest BCUT2D eigenvalue weighted by Gasteiger charge is -2.39. The average Bonchev–Trinajstić information content (AvgIpc) is 3.92. The summed E-state index contributed by atoms with van der Waals surface area (Å²) in [6.07, 6.45) is 19.0. The molecule has 1 aliphatic carbocycles. The lowest BCUT2D eigenvalue weighted by molar-refractivity contribution is 0.266. The van der Waals surface area contributed by atoms with Gasteiger partial charge in [0.05, 0.1) is 11.0 Å². The number of unbranched alkanes of at least 4 members (excludes halogenated alkanes) is 5. The maximum Gasteiger partial charge on any atom is 0.0541 e. The molecule has 2 nitrogen and oxygen atoms in total. The van der Waals surface area contributed by atoms with E-state index in [2.05, 4.69) is 234 Å². The number of nitrogens with zero attached hydrogens (tertiary/aromatic N) is 2. The number of anilines is 3. The Morgan fingerprint density at radius 3 is 1.53 bits per heavy atom. The van der Waals surface area contributed by atoms with Crippen LogP contribution in [-0.2, 0) is 11.8 Å². The fourth-order valence-electron chi connectivity index (χ4n) is 12.9. The normalized spacial score (nSPS) is 14.8. The fraction of sp³-hybridized carbons (Fsp3) is 0.342. The predicted molar refractivity (Wildman–Crippen MR) is 326 cm³/mol. The van der Waals surface area contributed by atoms with Crippen molar-refractivity contribution in [3.05, 3.63) is 204 Å². The van der Waals surface area contributed by atoms with Crippen LogP contribution in [0.1, 0.15) is 152 Å². The van der Waals surface area contributed by atoms with Crippen molar-refractivity contribution in [3.63, 3.8) is 0 Å². The predicted octanol–water partition coefficient (Wildman–Crippen LogP) is 21.8. The van der Waals surface area contributed by atoms with Gasteiger partial charge in [-0.3, -0.25) is 0 Å². The van der Waals surface area contributed by atoms with Gasteiger partial charge in [-0.2, -0.15) is 0 Å². The zero-order valence-electron chi connectivity index (χ0n) is 46.4. The molecule has 0 radical (unpaired) electrons. The SMILES string of the molecule is CCCCCCc1ccc(-n2c3ccccc3c3cc(-c4ccc(N(c5ccc(C)cc5)c5ccc(-c6ccc7c(c6)C(CC(CC)CCCC)(CC(CC)CCCC)c6cc(C)ccc6-7)cc5)cc4)ccc32)cc1. The van der Waals surface area contributed by atoms with Crippen molar-refractivity contribution in [2.45, 2.75) is 150 Å². The third kappa shape index (κ3) is 10.8. The van der Waals surface area contributed by atoms with E-state index in [1.807, 2.05) is 0 Å². The van der Waals surface area contributed by atoms with Crippen LogP contribution in [0.3, 0.4) is 0 Å². The van der Waals surface area contributed by atoms with E-state index in [4.69, 9.17) is 0 Å². The Bertz CT molecular complexity index is 3300. The topological polar surface area (TPSA) is 8.17 Å². The highest BCUT2D eigenvalue weighted by Crippen LogP contribution is 2.57. The molecule has 384 valence electrons. The highest BCUT2D eigenvalue weighted by molar-refractivity contribution is 6.10. The van der Waals surface area contributed by atoms with E-state index in [1.165, 1.54) is 167 Å². The number of benzene rings is 8. The lowest BCUT2D eigenvalue weighted by Crippen LogP contribution is -2.31. The van der Waals surface area contributed by atoms with Gasteiger partial charge in [0.15, 0.2) is 0 Å². The highest BCUT2D eigenvalue weighted by Gasteiger charge is 2.45. The molecule has 1 aromatic heterocycles. The number of hydrogen-bond acceptors (Lipinski definition) is 1. The van der Waals surface area contributed by atoms with Crippen LogP contribution >= 0.6 is 0 Å². The molecule has 1 heterocycles. The monoisotopic (exact) mass is 987 g/mol. The zero-order valence-corrected chi connectivity index (χ0v) is 46.4. The Hall–Kier alpha value is -6.64. The molecule has 0 N–H and O–H groups in total. The van der Waals surface area contributed by atoms with Crippen LogP contribution in [0.15, 0.2) is 176 Å². The van der Waals surface area contributed by atoms with Crippen LogP contribution in [0.5, 0.6) is 0 Å². The van der Waals surface area contributed by atoms with E-state index in [0.29, 0.717) is 11.8 Å². The molecule has 0 bridgehead atoms. The third-order valence-electron chi connectivity index (χ3n) is 17.3. The molecular weight excluding hydrogens is 905 g/mol. The molecule has 10 rings (SSSR count). The van der Waals surface area contributed by atoms with Crippen molar-refractivity contribution in [1.82, 2.24) is 4.57 Å². The van der Waals surface area contributed by atoms with Crippen molar-refractivity contribution in [2.75, 3.05) is 4.90 Å². The maximum atomic E-state index is 2.62. The van der Waals surface area contributed by atoms with Gasteiger partial charge in [-0.05, 0) is 174 Å². The quantitative estimate of drug-likeness (QED) is 0.0580. The number of para-hydroxylation sites is 1. The second-order valence-corrected chi connectivity index (χ2v) is 22.5. The van der Waals surface area contributed by atoms with Crippen molar-refractivity contribution in [2.24, 2.45) is 11.8 Å². The first-order valence-corrected chi connectivity index (χ1v) is 29.2. The molecule has 0 saturated carbocycles. The first-order chi connectivity index (χ1) is 36.7. The molecule has 1 aliphatic rings. The molecule has 0 spiro atoms. The number of hydrogen-bond donors (Lipinski definition) is 0. The highest BCUT2D eigenvalue weighted by atomic mass is 15.1. The minimum atomic E-state index is 0.00830. The molecule has 75 heavy (non-hydrogen) atoms. The molecule has 2 unspecified atom stereocenters. The summed E-state index contributed by atoms with van der Waals surface area (Å²) in [5, 5.41) is 2.56. The number of fused-ring (bicyclic) bond motifs is 6. The van der Waals surface area contributed by atoms with Gasteiger partial charge in [-0.25, -0.2) is 0 Å². The van der Waals surface area contributed by atoms with E-state index < -0.39 is 0 Å². The zero-order chi connectivity index (χ0) is 51.9. The minimum Gasteiger partial charge on any atom is -0.311 e. The summed E-state index contributed by atoms with van der Waals surface area (Å²) in [4.78, 5) is 2.41. The summed E-state index contributed by atoms with van der Waals surface area (Å²) in [5.74, 6) is 1.40. The molecule has 0 fully saturated rings. The number of rotatable bonds is 23. The molecular formula is C73H82N2. The third-order valence-corrected chi connectivity index (χ3v) is 17.3. The number of aromatic nitrogens is 1. The fourth-order valence-corrected chi connectivity index (χ4v) is 12.9. The first kappa shape index (κ1) is 51.8. The van der Waals surface area contributed by atoms with Gasteiger partial charge in [-0.1, -0.05) is 220 Å². The molecule has 9 aromatic rings. The molecule has 2 heteroatoms. The second kappa shape index (κ2) is 23.5. The van der Waals surface area contributed by atoms with Gasteiger partial charge in [0.25, 0.3) is 0 Å². The van der Waals surface area contributed by atoms with Crippen LogP contribution in [0.2, 0.25) is 0 Å². The van der Waals surface area contributed by atoms with E-state index in [-0.39, 0.29) is 5.41 Å². The second-order valence-electron chi connectivity index (χ2n) is 22.5. The van der Waals surface area contributed by atoms with Gasteiger partial charge in [0.1, 0.15) is 0 Å². The molecule has 2 atom stereocenters. The van der Waals surface area contributed by atoms with Crippen LogP contribution in [0, 0.1) is 25.7 Å². The van der Waals surface area contributed by atoms with Crippen LogP contribution < -0.4 is 4.90 Å². The molecule has 0 aliphatic heterocycles. The first-order valence-electron chi connectivity index (χ1n) is 29.2. The van der Waals surface area contributed by atoms with Crippen molar-refractivity contribution < 1.29 is 0 Å². The maximum absolute atomic E-state index is 2.62. The Morgan fingerprint density at radius 1 is 0.427 bits per heavy atom. The molecule has 0 saturated heterocycles. The summed E-state index contributed by atoms with van der Waals surface area (Å²) in [6, 6.07) is 67.6. The van der Waals surface area contributed by atoms with Crippen molar-refractivity contribution >= 4 is 38.9 Å². The van der Waals surface area contributed by atoms with Crippen molar-refractivity contribution in [1.29, 1.82) is 0 Å². The smallest absolute Gasteiger partial charge is 0.0541 e. The molecule has 0 amide bonds. The van der Waals surface area contributed by atoms with E-state index in [9.17, 15) is 0 Å². The van der Waals surface area contributed by atoms with Crippen LogP contribution in [0.4, 0.5) is 17.1 Å². The van der Waals surface area contributed by atoms with Gasteiger partial charge >= 0.3 is 0 Å². The minimum absolute atomic E-state index is 0.00830. The van der Waals surface area contributed by atoms with Gasteiger partial charge in [0, 0.05) is 38.9 Å². The average molecular weight is 987 g/mol. The van der Waals surface area contributed by atoms with E-state index in [1.54, 1.807) is 11.1 Å². The Morgan fingerprint density at radius 2 is 0.933 bits per heavy atom. The van der Waals surface area contributed by atoms with Crippen LogP contribution in [-0.4, -0.2) is 4.57 Å². The van der Waals surface area contributed by atoms with E-state index in [0.717, 1.165) is 23.5 Å². The van der Waals surface area contributed by atoms with E-state index >= 15 is 0 Å². The Balaban J connectivity index is 0.975. The molecule has 8 aromatic carbocycles. The summed E-state index contributed by atoms with van der Waals surface area (Å²) in [5.41, 5.74) is 22.3. The summed E-state index contributed by atoms with van der Waals surface area (Å²) in [7, 11) is 0. The largest absolute Gasteiger partial charge is 0.311 e. The Kier molecular flexibility index (Phi) is 16.2. The van der Waals surface area contributed by atoms with Crippen LogP contribution in [0.25, 0.3) is 60.9 Å². The summed E-state index contributed by atoms with van der Waals surface area (Å²) in [6.45, 7) is 16.3. The lowest BCUT2D eigenvalue weighted by atomic mass is 9.65. The summed E-state index contributed by atoms with van der Waals surface area (Å²) < 4.78 is 2.44.